The highest BCUT2D eigenvalue weighted by Crippen LogP contribution is 2.19. The molecule has 3 aromatic heterocycles. The van der Waals surface area contributed by atoms with Crippen LogP contribution in [0.3, 0.4) is 0 Å². The van der Waals surface area contributed by atoms with Crippen LogP contribution in [0.25, 0.3) is 11.0 Å². The first kappa shape index (κ1) is 21.5. The molecule has 0 aliphatic carbocycles. The molecule has 0 spiro atoms. The molecule has 3 heterocycles. The van der Waals surface area contributed by atoms with Crippen LogP contribution in [0.15, 0.2) is 32.4 Å². The molecule has 0 atom stereocenters. The minimum absolute atomic E-state index is 0.0144. The van der Waals surface area contributed by atoms with Crippen LogP contribution in [-0.4, -0.2) is 30.9 Å². The third-order valence-electron chi connectivity index (χ3n) is 4.61. The third-order valence-corrected chi connectivity index (χ3v) is 5.05. The van der Waals surface area contributed by atoms with Gasteiger partial charge in [-0.3, -0.25) is 34.8 Å². The molecule has 0 unspecified atom stereocenters. The highest BCUT2D eigenvalue weighted by atomic mass is 79.9. The monoisotopic (exact) mass is 476 g/mol. The lowest BCUT2D eigenvalue weighted by atomic mass is 10.0. The fraction of sp³-hybridized carbons (Fsp3) is 0.316. The van der Waals surface area contributed by atoms with E-state index < -0.39 is 23.1 Å². The van der Waals surface area contributed by atoms with E-state index in [1.807, 2.05) is 13.8 Å². The van der Waals surface area contributed by atoms with Crippen LogP contribution in [0.1, 0.15) is 53.2 Å². The van der Waals surface area contributed by atoms with Gasteiger partial charge in [0, 0.05) is 30.0 Å². The van der Waals surface area contributed by atoms with Crippen LogP contribution in [0.4, 0.5) is 0 Å². The second-order valence-electron chi connectivity index (χ2n) is 7.01. The van der Waals surface area contributed by atoms with E-state index in [0.29, 0.717) is 15.9 Å². The maximum Gasteiger partial charge on any atom is 0.329 e. The number of hydrogen-bond acceptors (Lipinski definition) is 5. The summed E-state index contributed by atoms with van der Waals surface area (Å²) in [6.07, 6.45) is 1.70. The molecule has 30 heavy (non-hydrogen) atoms. The summed E-state index contributed by atoms with van der Waals surface area (Å²) in [5.74, 6) is -1.29. The summed E-state index contributed by atoms with van der Waals surface area (Å²) in [4.78, 5) is 56.6. The number of pyridine rings is 1. The van der Waals surface area contributed by atoms with E-state index in [-0.39, 0.29) is 29.1 Å². The molecular formula is C19H21BrN6O4. The van der Waals surface area contributed by atoms with Crippen LogP contribution >= 0.6 is 15.9 Å². The van der Waals surface area contributed by atoms with Gasteiger partial charge in [0.15, 0.2) is 5.65 Å². The Morgan fingerprint density at radius 1 is 1.20 bits per heavy atom. The highest BCUT2D eigenvalue weighted by Gasteiger charge is 2.21. The summed E-state index contributed by atoms with van der Waals surface area (Å²) in [5, 5.41) is -0.0192. The molecule has 10 nitrogen and oxygen atoms in total. The normalized spacial score (nSPS) is 11.1. The van der Waals surface area contributed by atoms with Crippen LogP contribution in [0, 0.1) is 0 Å². The van der Waals surface area contributed by atoms with Crippen molar-refractivity contribution in [2.24, 2.45) is 7.05 Å². The molecule has 0 saturated carbocycles. The van der Waals surface area contributed by atoms with Crippen molar-refractivity contribution in [2.45, 2.75) is 33.2 Å². The van der Waals surface area contributed by atoms with Gasteiger partial charge in [-0.05, 0) is 40.9 Å². The topological polar surface area (TPSA) is 131 Å². The largest absolute Gasteiger partial charge is 0.345 e. The van der Waals surface area contributed by atoms with Crippen molar-refractivity contribution in [1.29, 1.82) is 0 Å². The van der Waals surface area contributed by atoms with Gasteiger partial charge in [0.25, 0.3) is 17.4 Å². The van der Waals surface area contributed by atoms with Gasteiger partial charge >= 0.3 is 5.69 Å². The zero-order valence-electron chi connectivity index (χ0n) is 16.9. The average molecular weight is 477 g/mol. The molecule has 3 aromatic rings. The number of nitrogens with zero attached hydrogens (tertiary/aromatic N) is 3. The predicted molar refractivity (Wildman–Crippen MR) is 114 cm³/mol. The Morgan fingerprint density at radius 3 is 2.43 bits per heavy atom. The molecule has 158 valence electrons. The first-order valence-electron chi connectivity index (χ1n) is 9.24. The van der Waals surface area contributed by atoms with E-state index in [2.05, 4.69) is 36.7 Å². The number of H-pyrrole nitrogens is 1. The molecular weight excluding hydrogens is 456 g/mol. The zero-order valence-corrected chi connectivity index (χ0v) is 18.5. The first-order chi connectivity index (χ1) is 14.1. The first-order valence-corrected chi connectivity index (χ1v) is 10.0. The quantitative estimate of drug-likeness (QED) is 0.489. The number of aryl methyl sites for hydroxylation is 2. The summed E-state index contributed by atoms with van der Waals surface area (Å²) in [7, 11) is 1.69. The number of hydrazine groups is 1. The number of fused-ring (bicyclic) bond motifs is 1. The predicted octanol–water partition coefficient (Wildman–Crippen LogP) is 1.40. The van der Waals surface area contributed by atoms with Crippen LogP contribution < -0.4 is 22.1 Å². The third kappa shape index (κ3) is 3.92. The molecule has 0 aromatic carbocycles. The van der Waals surface area contributed by atoms with Gasteiger partial charge in [0.2, 0.25) is 0 Å². The Hall–Kier alpha value is -3.21. The van der Waals surface area contributed by atoms with Crippen molar-refractivity contribution in [1.82, 2.24) is 30.0 Å². The maximum atomic E-state index is 12.9. The van der Waals surface area contributed by atoms with Gasteiger partial charge < -0.3 is 4.57 Å². The molecule has 2 amide bonds. The van der Waals surface area contributed by atoms with Crippen molar-refractivity contribution in [3.8, 4) is 0 Å². The minimum Gasteiger partial charge on any atom is -0.345 e. The fourth-order valence-electron chi connectivity index (χ4n) is 3.06. The molecule has 11 heteroatoms. The Kier molecular flexibility index (Phi) is 5.92. The van der Waals surface area contributed by atoms with Gasteiger partial charge in [0.1, 0.15) is 5.69 Å². The van der Waals surface area contributed by atoms with E-state index in [4.69, 9.17) is 0 Å². The summed E-state index contributed by atoms with van der Waals surface area (Å²) >= 11 is 3.28. The number of aromatic amines is 1. The van der Waals surface area contributed by atoms with E-state index in [9.17, 15) is 19.2 Å². The van der Waals surface area contributed by atoms with E-state index in [0.717, 1.165) is 0 Å². The van der Waals surface area contributed by atoms with Crippen molar-refractivity contribution in [3.05, 3.63) is 60.6 Å². The Bertz CT molecular complexity index is 1270. The summed E-state index contributed by atoms with van der Waals surface area (Å²) in [6.45, 7) is 5.76. The van der Waals surface area contributed by atoms with Gasteiger partial charge in [-0.15, -0.1) is 0 Å². The smallest absolute Gasteiger partial charge is 0.329 e. The number of aromatic nitrogens is 4. The van der Waals surface area contributed by atoms with Gasteiger partial charge in [0.05, 0.1) is 10.9 Å². The Morgan fingerprint density at radius 2 is 1.87 bits per heavy atom. The van der Waals surface area contributed by atoms with Crippen molar-refractivity contribution >= 4 is 38.8 Å². The molecule has 0 aliphatic rings. The second-order valence-corrected chi connectivity index (χ2v) is 7.93. The van der Waals surface area contributed by atoms with Gasteiger partial charge in [-0.25, -0.2) is 9.78 Å². The summed E-state index contributed by atoms with van der Waals surface area (Å²) in [6, 6.07) is 3.10. The Labute approximate surface area is 179 Å². The van der Waals surface area contributed by atoms with Crippen molar-refractivity contribution in [2.75, 3.05) is 0 Å². The fourth-order valence-corrected chi connectivity index (χ4v) is 3.58. The molecule has 0 bridgehead atoms. The van der Waals surface area contributed by atoms with Crippen molar-refractivity contribution < 1.29 is 9.59 Å². The SMILES string of the molecule is CCn1c(=O)[nH]c(=O)c2c(C(=O)NNC(=O)c3cc(Br)cn3C)cc(C(C)C)nc21. The lowest BCUT2D eigenvalue weighted by molar-refractivity contribution is 0.0843. The minimum atomic E-state index is -0.717. The van der Waals surface area contributed by atoms with Crippen molar-refractivity contribution in [3.63, 3.8) is 0 Å². The molecule has 0 fully saturated rings. The molecule has 0 aliphatic heterocycles. The number of amides is 2. The number of nitrogens with one attached hydrogen (secondary N) is 3. The lowest BCUT2D eigenvalue weighted by Crippen LogP contribution is -2.43. The molecule has 3 N–H and O–H groups in total. The number of hydrogen-bond donors (Lipinski definition) is 3. The van der Waals surface area contributed by atoms with E-state index in [1.165, 1.54) is 10.6 Å². The summed E-state index contributed by atoms with van der Waals surface area (Å²) in [5.41, 5.74) is 4.36. The number of carbonyl (C=O) groups is 2. The number of halogens is 1. The summed E-state index contributed by atoms with van der Waals surface area (Å²) < 4.78 is 3.60. The zero-order chi connectivity index (χ0) is 22.2. The lowest BCUT2D eigenvalue weighted by Gasteiger charge is -2.14. The Balaban J connectivity index is 2.04. The van der Waals surface area contributed by atoms with E-state index >= 15 is 0 Å². The maximum absolute atomic E-state index is 12.9. The number of rotatable bonds is 4. The van der Waals surface area contributed by atoms with Crippen LogP contribution in [-0.2, 0) is 13.6 Å². The van der Waals surface area contributed by atoms with Gasteiger partial charge in [-0.1, -0.05) is 13.8 Å². The van der Waals surface area contributed by atoms with Crippen LogP contribution in [0.5, 0.6) is 0 Å². The molecule has 3 rings (SSSR count). The molecule has 0 saturated heterocycles. The molecule has 0 radical (unpaired) electrons. The van der Waals surface area contributed by atoms with E-state index in [1.54, 1.807) is 30.8 Å². The highest BCUT2D eigenvalue weighted by molar-refractivity contribution is 9.10. The van der Waals surface area contributed by atoms with Gasteiger partial charge in [-0.2, -0.15) is 0 Å². The standard InChI is InChI=1S/C19H21BrN6O4/c1-5-26-15-14(18(29)22-19(26)30)11(7-12(21-15)9(2)3)16(27)23-24-17(28)13-6-10(20)8-25(13)4/h6-9H,5H2,1-4H3,(H,23,27)(H,24,28)(H,22,29,30). The second kappa shape index (κ2) is 8.27. The number of carbonyl (C=O) groups excluding carboxylic acids is 2. The van der Waals surface area contributed by atoms with Crippen LogP contribution in [0.2, 0.25) is 0 Å². The average Bonchev–Trinajstić information content (AvgIpc) is 3.03.